The molecule has 1 aromatic carbocycles. The van der Waals surface area contributed by atoms with Gasteiger partial charge >= 0.3 is 0 Å². The van der Waals surface area contributed by atoms with Crippen LogP contribution in [0.4, 0.5) is 4.39 Å². The molecule has 1 amide bonds. The second-order valence-electron chi connectivity index (χ2n) is 4.04. The van der Waals surface area contributed by atoms with Crippen molar-refractivity contribution in [2.24, 2.45) is 0 Å². The zero-order valence-electron chi connectivity index (χ0n) is 9.52. The van der Waals surface area contributed by atoms with E-state index in [-0.39, 0.29) is 17.5 Å². The number of hydrogen-bond donors (Lipinski definition) is 1. The molecule has 0 aliphatic carbocycles. The van der Waals surface area contributed by atoms with Crippen LogP contribution in [0.2, 0.25) is 0 Å². The SMILES string of the molecule is Cc1cc(F)c(C(=O)NC(C)C)cc1C. The van der Waals surface area contributed by atoms with Crippen LogP contribution in [0.15, 0.2) is 12.1 Å². The van der Waals surface area contributed by atoms with E-state index in [0.29, 0.717) is 0 Å². The van der Waals surface area contributed by atoms with Crippen molar-refractivity contribution < 1.29 is 9.18 Å². The Morgan fingerprint density at radius 3 is 2.33 bits per heavy atom. The highest BCUT2D eigenvalue weighted by molar-refractivity contribution is 5.94. The number of rotatable bonds is 2. The van der Waals surface area contributed by atoms with Crippen LogP contribution in [0.3, 0.4) is 0 Å². The maximum Gasteiger partial charge on any atom is 0.254 e. The summed E-state index contributed by atoms with van der Waals surface area (Å²) in [4.78, 5) is 11.6. The summed E-state index contributed by atoms with van der Waals surface area (Å²) >= 11 is 0. The van der Waals surface area contributed by atoms with E-state index >= 15 is 0 Å². The molecule has 0 aliphatic heterocycles. The van der Waals surface area contributed by atoms with Gasteiger partial charge in [-0.2, -0.15) is 0 Å². The molecule has 0 saturated carbocycles. The first-order chi connectivity index (χ1) is 6.91. The van der Waals surface area contributed by atoms with Crippen molar-refractivity contribution in [3.8, 4) is 0 Å². The average Bonchev–Trinajstić information content (AvgIpc) is 2.09. The number of carbonyl (C=O) groups excluding carboxylic acids is 1. The Balaban J connectivity index is 3.04. The minimum absolute atomic E-state index is 0.0125. The molecule has 1 aromatic rings. The summed E-state index contributed by atoms with van der Waals surface area (Å²) in [6, 6.07) is 2.99. The van der Waals surface area contributed by atoms with Gasteiger partial charge in [0.15, 0.2) is 0 Å². The van der Waals surface area contributed by atoms with Gasteiger partial charge in [-0.1, -0.05) is 0 Å². The van der Waals surface area contributed by atoms with Gasteiger partial charge in [0.05, 0.1) is 5.56 Å². The van der Waals surface area contributed by atoms with E-state index in [1.165, 1.54) is 6.07 Å². The third-order valence-electron chi connectivity index (χ3n) is 2.25. The molecule has 0 bridgehead atoms. The van der Waals surface area contributed by atoms with E-state index in [1.807, 2.05) is 27.7 Å². The first-order valence-corrected chi connectivity index (χ1v) is 4.99. The van der Waals surface area contributed by atoms with Crippen LogP contribution in [-0.4, -0.2) is 11.9 Å². The van der Waals surface area contributed by atoms with Crippen LogP contribution in [0.5, 0.6) is 0 Å². The van der Waals surface area contributed by atoms with E-state index in [2.05, 4.69) is 5.32 Å². The lowest BCUT2D eigenvalue weighted by atomic mass is 10.0. The van der Waals surface area contributed by atoms with Gasteiger partial charge in [0.25, 0.3) is 5.91 Å². The fourth-order valence-electron chi connectivity index (χ4n) is 1.29. The summed E-state index contributed by atoms with van der Waals surface area (Å²) < 4.78 is 13.5. The maximum atomic E-state index is 13.5. The average molecular weight is 209 g/mol. The van der Waals surface area contributed by atoms with E-state index < -0.39 is 5.82 Å². The largest absolute Gasteiger partial charge is 0.350 e. The van der Waals surface area contributed by atoms with Crippen molar-refractivity contribution in [1.82, 2.24) is 5.32 Å². The van der Waals surface area contributed by atoms with Crippen molar-refractivity contribution in [1.29, 1.82) is 0 Å². The highest BCUT2D eigenvalue weighted by Crippen LogP contribution is 2.14. The summed E-state index contributed by atoms with van der Waals surface area (Å²) in [5, 5.41) is 2.67. The Labute approximate surface area is 89.5 Å². The van der Waals surface area contributed by atoms with Crippen molar-refractivity contribution >= 4 is 5.91 Å². The Morgan fingerprint density at radius 1 is 1.27 bits per heavy atom. The van der Waals surface area contributed by atoms with Crippen molar-refractivity contribution in [2.45, 2.75) is 33.7 Å². The predicted octanol–water partition coefficient (Wildman–Crippen LogP) is 2.58. The van der Waals surface area contributed by atoms with Crippen LogP contribution >= 0.6 is 0 Å². The first-order valence-electron chi connectivity index (χ1n) is 4.99. The van der Waals surface area contributed by atoms with Gasteiger partial charge in [-0.25, -0.2) is 4.39 Å². The molecule has 0 aliphatic rings. The van der Waals surface area contributed by atoms with Gasteiger partial charge in [-0.15, -0.1) is 0 Å². The number of halogens is 1. The molecular weight excluding hydrogens is 193 g/mol. The number of nitrogens with one attached hydrogen (secondary N) is 1. The summed E-state index contributed by atoms with van der Waals surface area (Å²) in [5.74, 6) is -0.818. The summed E-state index contributed by atoms with van der Waals surface area (Å²) in [7, 11) is 0. The molecule has 0 radical (unpaired) electrons. The van der Waals surface area contributed by atoms with Gasteiger partial charge in [-0.3, -0.25) is 4.79 Å². The molecule has 3 heteroatoms. The van der Waals surface area contributed by atoms with E-state index in [1.54, 1.807) is 6.07 Å². The van der Waals surface area contributed by atoms with Gasteiger partial charge in [-0.05, 0) is 51.0 Å². The summed E-state index contributed by atoms with van der Waals surface area (Å²) in [6.07, 6.45) is 0. The first kappa shape index (κ1) is 11.7. The lowest BCUT2D eigenvalue weighted by molar-refractivity contribution is 0.0939. The van der Waals surface area contributed by atoms with Gasteiger partial charge in [0.1, 0.15) is 5.82 Å². The van der Waals surface area contributed by atoms with E-state index in [4.69, 9.17) is 0 Å². The molecule has 0 aromatic heterocycles. The summed E-state index contributed by atoms with van der Waals surface area (Å²) in [5.41, 5.74) is 1.89. The van der Waals surface area contributed by atoms with Crippen LogP contribution in [0.25, 0.3) is 0 Å². The minimum Gasteiger partial charge on any atom is -0.350 e. The second kappa shape index (κ2) is 4.43. The maximum absolute atomic E-state index is 13.5. The molecule has 1 rings (SSSR count). The van der Waals surface area contributed by atoms with Crippen LogP contribution in [0, 0.1) is 19.7 Å². The van der Waals surface area contributed by atoms with Gasteiger partial charge in [0, 0.05) is 6.04 Å². The molecule has 15 heavy (non-hydrogen) atoms. The smallest absolute Gasteiger partial charge is 0.254 e. The zero-order chi connectivity index (χ0) is 11.6. The standard InChI is InChI=1S/C12H16FNO/c1-7(2)14-12(15)10-5-8(3)9(4)6-11(10)13/h5-7H,1-4H3,(H,14,15). The highest BCUT2D eigenvalue weighted by Gasteiger charge is 2.13. The minimum atomic E-state index is -0.462. The molecule has 0 saturated heterocycles. The molecule has 2 nitrogen and oxygen atoms in total. The van der Waals surface area contributed by atoms with Crippen LogP contribution in [-0.2, 0) is 0 Å². The van der Waals surface area contributed by atoms with Crippen LogP contribution < -0.4 is 5.32 Å². The Morgan fingerprint density at radius 2 is 1.80 bits per heavy atom. The number of aryl methyl sites for hydroxylation is 2. The Kier molecular flexibility index (Phi) is 3.45. The van der Waals surface area contributed by atoms with Crippen molar-refractivity contribution in [3.05, 3.63) is 34.6 Å². The third-order valence-corrected chi connectivity index (χ3v) is 2.25. The molecule has 0 unspecified atom stereocenters. The third kappa shape index (κ3) is 2.78. The van der Waals surface area contributed by atoms with E-state index in [9.17, 15) is 9.18 Å². The topological polar surface area (TPSA) is 29.1 Å². The molecular formula is C12H16FNO. The fourth-order valence-corrected chi connectivity index (χ4v) is 1.29. The van der Waals surface area contributed by atoms with Gasteiger partial charge < -0.3 is 5.32 Å². The number of carbonyl (C=O) groups is 1. The Bertz CT molecular complexity index is 385. The fraction of sp³-hybridized carbons (Fsp3) is 0.417. The normalized spacial score (nSPS) is 10.5. The number of hydrogen-bond acceptors (Lipinski definition) is 1. The lowest BCUT2D eigenvalue weighted by Crippen LogP contribution is -2.30. The summed E-state index contributed by atoms with van der Waals surface area (Å²) in [6.45, 7) is 7.37. The molecule has 82 valence electrons. The quantitative estimate of drug-likeness (QED) is 0.797. The Hall–Kier alpha value is -1.38. The second-order valence-corrected chi connectivity index (χ2v) is 4.04. The predicted molar refractivity (Wildman–Crippen MR) is 58.5 cm³/mol. The van der Waals surface area contributed by atoms with Crippen molar-refractivity contribution in [3.63, 3.8) is 0 Å². The highest BCUT2D eigenvalue weighted by atomic mass is 19.1. The number of amides is 1. The molecule has 0 fully saturated rings. The zero-order valence-corrected chi connectivity index (χ0v) is 9.52. The van der Waals surface area contributed by atoms with Crippen LogP contribution in [0.1, 0.15) is 35.3 Å². The van der Waals surface area contributed by atoms with Crippen molar-refractivity contribution in [2.75, 3.05) is 0 Å². The molecule has 0 atom stereocenters. The van der Waals surface area contributed by atoms with E-state index in [0.717, 1.165) is 11.1 Å². The number of benzene rings is 1. The molecule has 1 N–H and O–H groups in total. The molecule has 0 heterocycles. The molecule has 0 spiro atoms. The lowest BCUT2D eigenvalue weighted by Gasteiger charge is -2.10. The van der Waals surface area contributed by atoms with Gasteiger partial charge in [0.2, 0.25) is 0 Å². The monoisotopic (exact) mass is 209 g/mol.